The molecule has 1 aliphatic heterocycles. The second-order valence-corrected chi connectivity index (χ2v) is 8.02. The SMILES string of the molecule is COc1ccc(C(=O)NCCN2C=C(C(=O)NCc3ccc(SC)cc3)NN2)c(OC)c1OC.[HH].[HH]. The summed E-state index contributed by atoms with van der Waals surface area (Å²) in [5, 5.41) is 7.39. The van der Waals surface area contributed by atoms with E-state index in [0.29, 0.717) is 48.1 Å². The van der Waals surface area contributed by atoms with Gasteiger partial charge in [0.15, 0.2) is 11.5 Å². The molecule has 10 nitrogen and oxygen atoms in total. The van der Waals surface area contributed by atoms with E-state index < -0.39 is 0 Å². The number of benzene rings is 2. The highest BCUT2D eigenvalue weighted by atomic mass is 32.2. The van der Waals surface area contributed by atoms with Crippen molar-refractivity contribution >= 4 is 23.6 Å². The number of carbonyl (C=O) groups is 2. The van der Waals surface area contributed by atoms with E-state index in [4.69, 9.17) is 14.2 Å². The van der Waals surface area contributed by atoms with Gasteiger partial charge in [-0.2, -0.15) is 0 Å². The number of methoxy groups -OCH3 is 3. The van der Waals surface area contributed by atoms with Gasteiger partial charge < -0.3 is 24.8 Å². The summed E-state index contributed by atoms with van der Waals surface area (Å²) in [6.45, 7) is 1.16. The molecular formula is C23H33N5O5S. The zero-order valence-corrected chi connectivity index (χ0v) is 20.4. The smallest absolute Gasteiger partial charge is 0.270 e. The summed E-state index contributed by atoms with van der Waals surface area (Å²) in [6.07, 6.45) is 3.67. The topological polar surface area (TPSA) is 113 Å². The normalized spacial score (nSPS) is 12.5. The van der Waals surface area contributed by atoms with Gasteiger partial charge >= 0.3 is 0 Å². The Bertz CT molecular complexity index is 1060. The van der Waals surface area contributed by atoms with Crippen LogP contribution in [0.15, 0.2) is 53.2 Å². The van der Waals surface area contributed by atoms with Gasteiger partial charge in [-0.3, -0.25) is 20.0 Å². The highest BCUT2D eigenvalue weighted by Gasteiger charge is 2.21. The molecule has 34 heavy (non-hydrogen) atoms. The van der Waals surface area contributed by atoms with Crippen molar-refractivity contribution in [3.63, 3.8) is 0 Å². The molecule has 1 heterocycles. The average molecular weight is 492 g/mol. The van der Waals surface area contributed by atoms with Crippen LogP contribution in [0.4, 0.5) is 0 Å². The summed E-state index contributed by atoms with van der Waals surface area (Å²) in [6, 6.07) is 11.3. The number of thioether (sulfide) groups is 1. The Morgan fingerprint density at radius 2 is 1.71 bits per heavy atom. The van der Waals surface area contributed by atoms with E-state index in [-0.39, 0.29) is 14.7 Å². The third kappa shape index (κ3) is 6.06. The van der Waals surface area contributed by atoms with Crippen molar-refractivity contribution < 1.29 is 26.7 Å². The first-order valence-corrected chi connectivity index (χ1v) is 11.7. The number of amides is 2. The molecule has 11 heteroatoms. The molecule has 4 N–H and O–H groups in total. The Morgan fingerprint density at radius 3 is 2.35 bits per heavy atom. The van der Waals surface area contributed by atoms with Crippen molar-refractivity contribution in [2.45, 2.75) is 11.4 Å². The van der Waals surface area contributed by atoms with Gasteiger partial charge in [0.1, 0.15) is 5.70 Å². The lowest BCUT2D eigenvalue weighted by atomic mass is 10.1. The van der Waals surface area contributed by atoms with E-state index in [2.05, 4.69) is 21.6 Å². The van der Waals surface area contributed by atoms with Crippen LogP contribution in [0.2, 0.25) is 0 Å². The molecule has 0 bridgehead atoms. The van der Waals surface area contributed by atoms with Gasteiger partial charge in [0.2, 0.25) is 5.75 Å². The predicted molar refractivity (Wildman–Crippen MR) is 134 cm³/mol. The van der Waals surface area contributed by atoms with Gasteiger partial charge in [0.25, 0.3) is 11.8 Å². The molecule has 1 aliphatic rings. The Labute approximate surface area is 205 Å². The zero-order chi connectivity index (χ0) is 24.5. The summed E-state index contributed by atoms with van der Waals surface area (Å²) >= 11 is 1.67. The molecule has 3 rings (SSSR count). The Morgan fingerprint density at radius 1 is 0.971 bits per heavy atom. The van der Waals surface area contributed by atoms with Crippen LogP contribution < -0.4 is 35.8 Å². The molecule has 0 unspecified atom stereocenters. The monoisotopic (exact) mass is 491 g/mol. The van der Waals surface area contributed by atoms with Crippen molar-refractivity contribution in [1.29, 1.82) is 0 Å². The average Bonchev–Trinajstić information content (AvgIpc) is 3.35. The number of hydrogen-bond acceptors (Lipinski definition) is 9. The molecule has 0 aromatic heterocycles. The van der Waals surface area contributed by atoms with Crippen LogP contribution >= 0.6 is 11.8 Å². The molecule has 0 atom stereocenters. The van der Waals surface area contributed by atoms with Gasteiger partial charge in [-0.15, -0.1) is 17.3 Å². The van der Waals surface area contributed by atoms with Crippen LogP contribution in [0.5, 0.6) is 17.2 Å². The van der Waals surface area contributed by atoms with E-state index >= 15 is 0 Å². The fourth-order valence-electron chi connectivity index (χ4n) is 3.27. The molecule has 0 fully saturated rings. The molecule has 2 aromatic rings. The molecule has 0 saturated heterocycles. The van der Waals surface area contributed by atoms with Crippen LogP contribution in [0.1, 0.15) is 18.8 Å². The summed E-state index contributed by atoms with van der Waals surface area (Å²) in [5.41, 5.74) is 7.45. The largest absolute Gasteiger partial charge is 0.493 e. The molecule has 2 aromatic carbocycles. The van der Waals surface area contributed by atoms with Gasteiger partial charge in [0, 0.05) is 27.0 Å². The van der Waals surface area contributed by atoms with Crippen LogP contribution in [0, 0.1) is 0 Å². The van der Waals surface area contributed by atoms with Crippen molar-refractivity contribution in [3.05, 3.63) is 59.4 Å². The van der Waals surface area contributed by atoms with E-state index in [1.807, 2.05) is 30.5 Å². The first-order valence-electron chi connectivity index (χ1n) is 10.5. The van der Waals surface area contributed by atoms with Gasteiger partial charge in [0.05, 0.1) is 33.4 Å². The van der Waals surface area contributed by atoms with Crippen molar-refractivity contribution in [2.75, 3.05) is 40.7 Å². The number of carbonyl (C=O) groups excluding carboxylic acids is 2. The highest BCUT2D eigenvalue weighted by molar-refractivity contribution is 7.98. The second kappa shape index (κ2) is 12.1. The molecule has 0 spiro atoms. The summed E-state index contributed by atoms with van der Waals surface area (Å²) in [5.74, 6) is 0.558. The molecule has 0 saturated carbocycles. The lowest BCUT2D eigenvalue weighted by Gasteiger charge is -2.17. The first-order chi connectivity index (χ1) is 16.5. The van der Waals surface area contributed by atoms with Crippen molar-refractivity contribution in [2.24, 2.45) is 0 Å². The molecule has 2 amide bonds. The maximum absolute atomic E-state index is 12.7. The number of hydrazine groups is 2. The van der Waals surface area contributed by atoms with Gasteiger partial charge in [-0.05, 0) is 36.1 Å². The van der Waals surface area contributed by atoms with Crippen LogP contribution in [0.25, 0.3) is 0 Å². The number of nitrogens with one attached hydrogen (secondary N) is 4. The van der Waals surface area contributed by atoms with Crippen LogP contribution in [-0.2, 0) is 11.3 Å². The van der Waals surface area contributed by atoms with E-state index in [1.165, 1.54) is 26.2 Å². The van der Waals surface area contributed by atoms with Gasteiger partial charge in [-0.25, -0.2) is 0 Å². The van der Waals surface area contributed by atoms with E-state index in [0.717, 1.165) is 5.56 Å². The number of nitrogens with zero attached hydrogens (tertiary/aromatic N) is 1. The summed E-state index contributed by atoms with van der Waals surface area (Å²) < 4.78 is 15.9. The first kappa shape index (κ1) is 25.1. The zero-order valence-electron chi connectivity index (χ0n) is 19.6. The molecule has 0 radical (unpaired) electrons. The quantitative estimate of drug-likeness (QED) is 0.351. The Kier molecular flexibility index (Phi) is 8.88. The lowest BCUT2D eigenvalue weighted by molar-refractivity contribution is -0.118. The van der Waals surface area contributed by atoms with Crippen LogP contribution in [0.3, 0.4) is 0 Å². The number of rotatable bonds is 11. The van der Waals surface area contributed by atoms with Crippen molar-refractivity contribution in [3.8, 4) is 17.2 Å². The number of hydrogen-bond donors (Lipinski definition) is 4. The second-order valence-electron chi connectivity index (χ2n) is 7.14. The third-order valence-electron chi connectivity index (χ3n) is 5.06. The molecule has 186 valence electrons. The van der Waals surface area contributed by atoms with Gasteiger partial charge in [-0.1, -0.05) is 12.1 Å². The minimum atomic E-state index is -0.320. The van der Waals surface area contributed by atoms with Crippen LogP contribution in [-0.4, -0.2) is 57.5 Å². The molecular weight excluding hydrogens is 458 g/mol. The fourth-order valence-corrected chi connectivity index (χ4v) is 3.68. The minimum absolute atomic E-state index is 0. The maximum Gasteiger partial charge on any atom is 0.270 e. The Balaban J connectivity index is 0.00000324. The maximum atomic E-state index is 12.7. The summed E-state index contributed by atoms with van der Waals surface area (Å²) in [7, 11) is 4.46. The standard InChI is InChI=1S/C23H29N5O5S.2H2/c1-31-19-10-9-17(20(32-2)21(19)33-3)22(29)24-11-12-28-14-18(26-27-28)23(30)25-13-15-5-7-16(34-4)8-6-15;;/h5-10,14,26-27H,11-13H2,1-4H3,(H,24,29)(H,25,30);2*1H. The van der Waals surface area contributed by atoms with E-state index in [1.54, 1.807) is 35.1 Å². The summed E-state index contributed by atoms with van der Waals surface area (Å²) in [4.78, 5) is 26.3. The van der Waals surface area contributed by atoms with E-state index in [9.17, 15) is 9.59 Å². The predicted octanol–water partition coefficient (Wildman–Crippen LogP) is 2.14. The number of ether oxygens (including phenoxy) is 3. The lowest BCUT2D eigenvalue weighted by Crippen LogP contribution is -2.42. The highest BCUT2D eigenvalue weighted by Crippen LogP contribution is 2.39. The third-order valence-corrected chi connectivity index (χ3v) is 5.81. The molecule has 0 aliphatic carbocycles. The van der Waals surface area contributed by atoms with Crippen molar-refractivity contribution in [1.82, 2.24) is 26.6 Å². The Hall–Kier alpha value is -3.57. The minimum Gasteiger partial charge on any atom is -0.493 e. The fraction of sp³-hybridized carbons (Fsp3) is 0.304.